The summed E-state index contributed by atoms with van der Waals surface area (Å²) in [6.45, 7) is 7.65. The summed E-state index contributed by atoms with van der Waals surface area (Å²) in [4.78, 5) is 53.9. The largest absolute Gasteiger partial charge is 0.476 e. The fraction of sp³-hybridized carbons (Fsp3) is 0.419. The molecule has 1 saturated heterocycles. The molecule has 2 atom stereocenters. The number of rotatable bonds is 12. The van der Waals surface area contributed by atoms with Crippen LogP contribution in [0, 0.1) is 11.7 Å². The van der Waals surface area contributed by atoms with E-state index in [-0.39, 0.29) is 50.4 Å². The van der Waals surface area contributed by atoms with Gasteiger partial charge in [0.1, 0.15) is 17.6 Å². The van der Waals surface area contributed by atoms with Crippen molar-refractivity contribution in [1.29, 1.82) is 0 Å². The number of amides is 3. The zero-order chi connectivity index (χ0) is 30.8. The van der Waals surface area contributed by atoms with E-state index in [1.807, 2.05) is 13.8 Å². The number of ether oxygens (including phenoxy) is 1. The van der Waals surface area contributed by atoms with Gasteiger partial charge in [-0.1, -0.05) is 32.6 Å². The van der Waals surface area contributed by atoms with Gasteiger partial charge in [0.05, 0.1) is 6.04 Å². The van der Waals surface area contributed by atoms with E-state index in [4.69, 9.17) is 4.74 Å². The zero-order valence-corrected chi connectivity index (χ0v) is 23.8. The third kappa shape index (κ3) is 6.25. The molecule has 2 aliphatic rings. The van der Waals surface area contributed by atoms with Crippen LogP contribution in [-0.2, 0) is 38.0 Å². The third-order valence-electron chi connectivity index (χ3n) is 7.76. The van der Waals surface area contributed by atoms with E-state index in [0.29, 0.717) is 22.4 Å². The van der Waals surface area contributed by atoms with E-state index < -0.39 is 47.4 Å². The second-order valence-corrected chi connectivity index (χ2v) is 10.9. The van der Waals surface area contributed by atoms with Crippen molar-refractivity contribution >= 4 is 23.5 Å². The van der Waals surface area contributed by atoms with Crippen molar-refractivity contribution in [2.45, 2.75) is 64.1 Å². The summed E-state index contributed by atoms with van der Waals surface area (Å²) in [5.74, 6) is -6.50. The van der Waals surface area contributed by atoms with Crippen LogP contribution in [0.2, 0.25) is 0 Å². The maximum absolute atomic E-state index is 14.6. The first-order valence-electron chi connectivity index (χ1n) is 13.8. The van der Waals surface area contributed by atoms with Crippen LogP contribution < -0.4 is 5.32 Å². The van der Waals surface area contributed by atoms with Crippen LogP contribution in [0.5, 0.6) is 0 Å². The molecule has 42 heavy (non-hydrogen) atoms. The van der Waals surface area contributed by atoms with Gasteiger partial charge >= 0.3 is 5.92 Å². The number of likely N-dealkylation sites (N-methyl/N-ethyl adjacent to an activating group) is 1. The molecule has 0 saturated carbocycles. The van der Waals surface area contributed by atoms with Crippen molar-refractivity contribution in [2.75, 3.05) is 13.8 Å². The number of hydrogen-bond acceptors (Lipinski definition) is 6. The Kier molecular flexibility index (Phi) is 9.20. The van der Waals surface area contributed by atoms with Crippen molar-refractivity contribution in [1.82, 2.24) is 15.1 Å². The lowest BCUT2D eigenvalue weighted by Gasteiger charge is -2.35. The first-order valence-corrected chi connectivity index (χ1v) is 13.8. The fourth-order valence-electron chi connectivity index (χ4n) is 5.39. The van der Waals surface area contributed by atoms with Crippen molar-refractivity contribution < 1.29 is 37.1 Å². The van der Waals surface area contributed by atoms with E-state index in [1.54, 1.807) is 25.2 Å². The topological polar surface area (TPSA) is 96.0 Å². The number of fused-ring (bicyclic) bond motifs is 1. The predicted octanol–water partition coefficient (Wildman–Crippen LogP) is 4.32. The number of hydrogen-bond donors (Lipinski definition) is 1. The van der Waals surface area contributed by atoms with Gasteiger partial charge in [0.15, 0.2) is 6.73 Å². The fourth-order valence-corrected chi connectivity index (χ4v) is 5.39. The van der Waals surface area contributed by atoms with Gasteiger partial charge in [0.25, 0.3) is 11.8 Å². The van der Waals surface area contributed by atoms with Gasteiger partial charge in [-0.2, -0.15) is 8.78 Å². The lowest BCUT2D eigenvalue weighted by molar-refractivity contribution is -0.157. The third-order valence-corrected chi connectivity index (χ3v) is 7.76. The Balaban J connectivity index is 1.40. The highest BCUT2D eigenvalue weighted by Gasteiger charge is 2.43. The number of aryl methyl sites for hydroxylation is 1. The van der Waals surface area contributed by atoms with Crippen molar-refractivity contribution in [3.05, 3.63) is 82.9 Å². The normalized spacial score (nSPS) is 18.0. The van der Waals surface area contributed by atoms with Crippen molar-refractivity contribution in [3.8, 4) is 0 Å². The lowest BCUT2D eigenvalue weighted by Crippen LogP contribution is -2.55. The number of benzene rings is 2. The molecule has 2 aromatic carbocycles. The molecule has 0 bridgehead atoms. The Morgan fingerprint density at radius 3 is 2.48 bits per heavy atom. The Labute approximate surface area is 242 Å². The Hall–Kier alpha value is -3.99. The molecular weight excluding hydrogens is 551 g/mol. The lowest BCUT2D eigenvalue weighted by atomic mass is 9.97. The average molecular weight is 586 g/mol. The molecule has 2 heterocycles. The highest BCUT2D eigenvalue weighted by molar-refractivity contribution is 6.05. The van der Waals surface area contributed by atoms with Gasteiger partial charge in [-0.05, 0) is 67.3 Å². The van der Waals surface area contributed by atoms with Crippen LogP contribution in [0.1, 0.15) is 60.2 Å². The minimum atomic E-state index is -3.76. The molecule has 0 aliphatic carbocycles. The highest BCUT2D eigenvalue weighted by Crippen LogP contribution is 2.33. The van der Waals surface area contributed by atoms with Gasteiger partial charge in [-0.25, -0.2) is 9.29 Å². The number of imide groups is 1. The Bertz CT molecular complexity index is 1390. The average Bonchev–Trinajstić information content (AvgIpc) is 3.27. The van der Waals surface area contributed by atoms with Crippen molar-refractivity contribution in [3.63, 3.8) is 0 Å². The monoisotopic (exact) mass is 585 g/mol. The number of nitrogens with one attached hydrogen (secondary N) is 1. The molecule has 3 amide bonds. The van der Waals surface area contributed by atoms with Crippen LogP contribution in [-0.4, -0.2) is 59.2 Å². The van der Waals surface area contributed by atoms with Gasteiger partial charge in [-0.3, -0.25) is 19.2 Å². The number of likely N-dealkylation sites (tertiary alicyclic amines) is 1. The highest BCUT2D eigenvalue weighted by atomic mass is 19.3. The maximum atomic E-state index is 14.6. The molecule has 4 rings (SSSR count). The van der Waals surface area contributed by atoms with Crippen LogP contribution in [0.15, 0.2) is 54.8 Å². The van der Waals surface area contributed by atoms with E-state index in [9.17, 15) is 32.3 Å². The van der Waals surface area contributed by atoms with Crippen LogP contribution in [0.4, 0.5) is 13.2 Å². The number of carbonyl (C=O) groups excluding carboxylic acids is 4. The van der Waals surface area contributed by atoms with E-state index in [1.165, 1.54) is 4.90 Å². The maximum Gasteiger partial charge on any atom is 0.330 e. The molecule has 2 aromatic rings. The summed E-state index contributed by atoms with van der Waals surface area (Å²) in [5.41, 5.74) is 0.973. The summed E-state index contributed by atoms with van der Waals surface area (Å²) in [7, 11) is 1.76. The van der Waals surface area contributed by atoms with Crippen LogP contribution in [0.25, 0.3) is 0 Å². The van der Waals surface area contributed by atoms with Gasteiger partial charge in [0.2, 0.25) is 11.7 Å². The molecule has 1 N–H and O–H groups in total. The minimum absolute atomic E-state index is 0.00689. The first kappa shape index (κ1) is 31.0. The Morgan fingerprint density at radius 1 is 1.14 bits per heavy atom. The number of halogens is 3. The first-order chi connectivity index (χ1) is 19.8. The predicted molar refractivity (Wildman–Crippen MR) is 148 cm³/mol. The zero-order valence-electron chi connectivity index (χ0n) is 23.8. The molecule has 8 nitrogen and oxygen atoms in total. The number of Topliss-reactive ketones (excluding diaryl/α,β-unsaturated/α-hetero) is 1. The number of nitrogens with zero attached hydrogens (tertiary/aromatic N) is 2. The molecule has 0 radical (unpaired) electrons. The summed E-state index contributed by atoms with van der Waals surface area (Å²) in [6, 6.07) is 7.30. The molecule has 0 aromatic heterocycles. The number of alkyl halides is 2. The van der Waals surface area contributed by atoms with E-state index in [2.05, 4.69) is 11.9 Å². The van der Waals surface area contributed by atoms with Crippen molar-refractivity contribution in [2.24, 2.45) is 5.92 Å². The second kappa shape index (κ2) is 12.5. The summed E-state index contributed by atoms with van der Waals surface area (Å²) >= 11 is 0. The van der Waals surface area contributed by atoms with E-state index >= 15 is 0 Å². The molecular formula is C31H34F3N3O5. The Morgan fingerprint density at radius 2 is 1.83 bits per heavy atom. The SMILES string of the molecule is C=C(OCN1C(=O)CCC(N2Cc3cc(CCC(=O)C(F)(F)c4ccc(F)cc4)ccc3C2=O)C1=O)[C@@H](NC)C(C)C. The molecule has 2 aliphatic heterocycles. The number of carbonyl (C=O) groups is 4. The quantitative estimate of drug-likeness (QED) is 0.295. The molecule has 224 valence electrons. The number of ketones is 1. The molecule has 11 heteroatoms. The second-order valence-electron chi connectivity index (χ2n) is 10.9. The summed E-state index contributed by atoms with van der Waals surface area (Å²) in [6.07, 6.45) is -0.232. The van der Waals surface area contributed by atoms with E-state index in [0.717, 1.165) is 29.2 Å². The van der Waals surface area contributed by atoms with Gasteiger partial charge < -0.3 is 15.0 Å². The molecule has 1 unspecified atom stereocenters. The number of piperidine rings is 1. The molecule has 1 fully saturated rings. The standard InChI is InChI=1S/C31H34F3N3O5/c1-18(2)28(35-4)19(3)42-17-37-27(39)14-12-25(30(37)41)36-16-21-15-20(5-11-24(21)29(36)40)6-13-26(38)31(33,34)22-7-9-23(32)10-8-22/h5,7-11,15,18,25,28,35H,3,6,12-14,16-17H2,1-2,4H3/t25?,28-/m0/s1. The van der Waals surface area contributed by atoms with Crippen LogP contribution >= 0.6 is 0 Å². The summed E-state index contributed by atoms with van der Waals surface area (Å²) in [5, 5.41) is 3.08. The smallest absolute Gasteiger partial charge is 0.330 e. The minimum Gasteiger partial charge on any atom is -0.476 e. The van der Waals surface area contributed by atoms with Gasteiger partial charge in [0, 0.05) is 30.5 Å². The molecule has 0 spiro atoms. The van der Waals surface area contributed by atoms with Crippen LogP contribution in [0.3, 0.4) is 0 Å². The van der Waals surface area contributed by atoms with Gasteiger partial charge in [-0.15, -0.1) is 0 Å². The summed E-state index contributed by atoms with van der Waals surface area (Å²) < 4.78 is 48.0.